The molecule has 0 N–H and O–H groups in total. The van der Waals surface area contributed by atoms with Gasteiger partial charge in [-0.3, -0.25) is 9.36 Å². The van der Waals surface area contributed by atoms with Crippen LogP contribution in [-0.4, -0.2) is 36.1 Å². The monoisotopic (exact) mass is 426 g/mol. The van der Waals surface area contributed by atoms with E-state index in [1.54, 1.807) is 18.7 Å². The molecule has 3 aromatic heterocycles. The highest BCUT2D eigenvalue weighted by atomic mass is 35.5. The van der Waals surface area contributed by atoms with Gasteiger partial charge in [0.1, 0.15) is 18.3 Å². The summed E-state index contributed by atoms with van der Waals surface area (Å²) in [5.74, 6) is 0.965. The summed E-state index contributed by atoms with van der Waals surface area (Å²) in [7, 11) is 1.76. The van der Waals surface area contributed by atoms with E-state index in [1.807, 2.05) is 24.3 Å². The molecule has 4 aromatic rings. The number of aryl methyl sites for hydroxylation is 2. The number of aromatic nitrogens is 6. The topological polar surface area (TPSA) is 101 Å². The Kier molecular flexibility index (Phi) is 4.63. The molecular formula is C20H19ClN6O3. The Labute approximate surface area is 176 Å². The predicted molar refractivity (Wildman–Crippen MR) is 108 cm³/mol. The van der Waals surface area contributed by atoms with Gasteiger partial charge in [0, 0.05) is 18.0 Å². The van der Waals surface area contributed by atoms with Crippen LogP contribution in [0.15, 0.2) is 39.9 Å². The van der Waals surface area contributed by atoms with Crippen molar-refractivity contribution in [3.05, 3.63) is 68.9 Å². The van der Waals surface area contributed by atoms with E-state index in [0.29, 0.717) is 40.1 Å². The lowest BCUT2D eigenvalue weighted by molar-refractivity contribution is 0.110. The van der Waals surface area contributed by atoms with Crippen LogP contribution in [-0.2, 0) is 18.3 Å². The van der Waals surface area contributed by atoms with Crippen molar-refractivity contribution in [2.45, 2.75) is 31.9 Å². The van der Waals surface area contributed by atoms with Gasteiger partial charge in [-0.2, -0.15) is 10.1 Å². The molecule has 4 heterocycles. The van der Waals surface area contributed by atoms with Crippen molar-refractivity contribution in [3.63, 3.8) is 0 Å². The van der Waals surface area contributed by atoms with Gasteiger partial charge < -0.3 is 9.26 Å². The highest BCUT2D eigenvalue weighted by Gasteiger charge is 2.31. The number of halogens is 1. The Balaban J connectivity index is 1.33. The van der Waals surface area contributed by atoms with Crippen LogP contribution in [0.2, 0.25) is 5.02 Å². The lowest BCUT2D eigenvalue weighted by Gasteiger charge is -2.09. The smallest absolute Gasteiger partial charge is 0.265 e. The van der Waals surface area contributed by atoms with E-state index in [2.05, 4.69) is 20.2 Å². The van der Waals surface area contributed by atoms with Crippen LogP contribution in [0, 0.1) is 6.92 Å². The first kappa shape index (κ1) is 19.0. The lowest BCUT2D eigenvalue weighted by Crippen LogP contribution is -2.21. The zero-order chi connectivity index (χ0) is 20.8. The van der Waals surface area contributed by atoms with Gasteiger partial charge in [0.25, 0.3) is 5.56 Å². The van der Waals surface area contributed by atoms with Gasteiger partial charge in [0.2, 0.25) is 5.89 Å². The predicted octanol–water partition coefficient (Wildman–Crippen LogP) is 2.77. The number of benzene rings is 1. The molecule has 1 fully saturated rings. The number of nitrogens with zero attached hydrogens (tertiary/aromatic N) is 6. The summed E-state index contributed by atoms with van der Waals surface area (Å²) in [6.07, 6.45) is 2.20. The number of rotatable bonds is 4. The molecule has 30 heavy (non-hydrogen) atoms. The minimum Gasteiger partial charge on any atom is -0.373 e. The molecule has 0 bridgehead atoms. The second-order valence-corrected chi connectivity index (χ2v) is 7.87. The quantitative estimate of drug-likeness (QED) is 0.494. The van der Waals surface area contributed by atoms with E-state index in [-0.39, 0.29) is 24.1 Å². The van der Waals surface area contributed by atoms with Gasteiger partial charge >= 0.3 is 0 Å². The fraction of sp³-hybridized carbons (Fsp3) is 0.350. The van der Waals surface area contributed by atoms with Gasteiger partial charge in [-0.1, -0.05) is 28.9 Å². The molecule has 0 spiro atoms. The fourth-order valence-corrected chi connectivity index (χ4v) is 3.96. The molecule has 154 valence electrons. The Hall–Kier alpha value is -3.04. The van der Waals surface area contributed by atoms with Crippen molar-refractivity contribution in [2.24, 2.45) is 7.05 Å². The molecule has 10 heteroatoms. The SMILES string of the molecule is Cc1nn(C)c2ncn(Cc3nc(C4COC(c5ccc(Cl)cc5)C4)no3)c(=O)c12. The van der Waals surface area contributed by atoms with Crippen molar-refractivity contribution in [2.75, 3.05) is 6.61 Å². The molecule has 0 saturated carbocycles. The number of hydrogen-bond acceptors (Lipinski definition) is 7. The number of ether oxygens (including phenoxy) is 1. The summed E-state index contributed by atoms with van der Waals surface area (Å²) in [6.45, 7) is 2.45. The minimum absolute atomic E-state index is 0.0288. The molecule has 1 aromatic carbocycles. The molecule has 0 amide bonds. The molecule has 0 aliphatic carbocycles. The van der Waals surface area contributed by atoms with Crippen LogP contribution in [0.25, 0.3) is 11.0 Å². The third kappa shape index (κ3) is 3.29. The van der Waals surface area contributed by atoms with Crippen molar-refractivity contribution >= 4 is 22.6 Å². The second-order valence-electron chi connectivity index (χ2n) is 7.44. The van der Waals surface area contributed by atoms with Crippen molar-refractivity contribution in [1.82, 2.24) is 29.5 Å². The average Bonchev–Trinajstić information content (AvgIpc) is 3.44. The maximum Gasteiger partial charge on any atom is 0.265 e. The molecule has 1 saturated heterocycles. The Morgan fingerprint density at radius 3 is 2.87 bits per heavy atom. The van der Waals surface area contributed by atoms with Crippen molar-refractivity contribution in [1.29, 1.82) is 0 Å². The van der Waals surface area contributed by atoms with E-state index in [1.165, 1.54) is 10.9 Å². The van der Waals surface area contributed by atoms with Crippen LogP contribution < -0.4 is 5.56 Å². The van der Waals surface area contributed by atoms with Gasteiger partial charge in [-0.05, 0) is 31.0 Å². The zero-order valence-corrected chi connectivity index (χ0v) is 17.2. The standard InChI is InChI=1S/C20H19ClN6O3/c1-11-17-19(26(2)24-11)22-10-27(20(17)28)8-16-23-18(25-30-16)13-7-15(29-9-13)12-3-5-14(21)6-4-12/h3-6,10,13,15H,7-9H2,1-2H3. The average molecular weight is 427 g/mol. The summed E-state index contributed by atoms with van der Waals surface area (Å²) in [5.41, 5.74) is 2.08. The molecule has 1 aliphatic rings. The van der Waals surface area contributed by atoms with Gasteiger partial charge in [0.15, 0.2) is 11.5 Å². The maximum atomic E-state index is 12.8. The highest BCUT2D eigenvalue weighted by molar-refractivity contribution is 6.30. The Morgan fingerprint density at radius 2 is 2.07 bits per heavy atom. The summed E-state index contributed by atoms with van der Waals surface area (Å²) in [6, 6.07) is 7.64. The molecule has 0 radical (unpaired) electrons. The first-order valence-electron chi connectivity index (χ1n) is 9.58. The van der Waals surface area contributed by atoms with Crippen molar-refractivity contribution in [3.8, 4) is 0 Å². The zero-order valence-electron chi connectivity index (χ0n) is 16.4. The van der Waals surface area contributed by atoms with Crippen molar-refractivity contribution < 1.29 is 9.26 Å². The van der Waals surface area contributed by atoms with E-state index in [9.17, 15) is 4.79 Å². The Morgan fingerprint density at radius 1 is 1.27 bits per heavy atom. The molecule has 2 atom stereocenters. The summed E-state index contributed by atoms with van der Waals surface area (Å²) in [5, 5.41) is 9.56. The lowest BCUT2D eigenvalue weighted by atomic mass is 10.0. The van der Waals surface area contributed by atoms with Crippen LogP contribution in [0.3, 0.4) is 0 Å². The Bertz CT molecular complexity index is 1280. The van der Waals surface area contributed by atoms with Crippen LogP contribution in [0.5, 0.6) is 0 Å². The van der Waals surface area contributed by atoms with Gasteiger partial charge in [-0.15, -0.1) is 0 Å². The number of hydrogen-bond donors (Lipinski definition) is 0. The molecule has 2 unspecified atom stereocenters. The van der Waals surface area contributed by atoms with E-state index in [0.717, 1.165) is 12.0 Å². The third-order valence-electron chi connectivity index (χ3n) is 5.38. The van der Waals surface area contributed by atoms with E-state index >= 15 is 0 Å². The normalized spacial score (nSPS) is 19.0. The summed E-state index contributed by atoms with van der Waals surface area (Å²) < 4.78 is 14.4. The fourth-order valence-electron chi connectivity index (χ4n) is 3.84. The van der Waals surface area contributed by atoms with Crippen LogP contribution >= 0.6 is 11.6 Å². The maximum absolute atomic E-state index is 12.8. The molecular weight excluding hydrogens is 408 g/mol. The third-order valence-corrected chi connectivity index (χ3v) is 5.63. The molecule has 5 rings (SSSR count). The largest absolute Gasteiger partial charge is 0.373 e. The molecule has 9 nitrogen and oxygen atoms in total. The van der Waals surface area contributed by atoms with Crippen LogP contribution in [0.4, 0.5) is 0 Å². The van der Waals surface area contributed by atoms with Gasteiger partial charge in [0.05, 0.1) is 18.4 Å². The van der Waals surface area contributed by atoms with E-state index < -0.39 is 0 Å². The second kappa shape index (κ2) is 7.33. The first-order chi connectivity index (χ1) is 14.5. The van der Waals surface area contributed by atoms with E-state index in [4.69, 9.17) is 20.9 Å². The first-order valence-corrected chi connectivity index (χ1v) is 9.95. The highest BCUT2D eigenvalue weighted by Crippen LogP contribution is 2.37. The summed E-state index contributed by atoms with van der Waals surface area (Å²) >= 11 is 5.96. The number of fused-ring (bicyclic) bond motifs is 1. The van der Waals surface area contributed by atoms with Gasteiger partial charge in [-0.25, -0.2) is 9.67 Å². The minimum atomic E-state index is -0.183. The molecule has 1 aliphatic heterocycles. The van der Waals surface area contributed by atoms with Crippen LogP contribution in [0.1, 0.15) is 41.4 Å². The summed E-state index contributed by atoms with van der Waals surface area (Å²) in [4.78, 5) is 21.6.